The first-order valence-corrected chi connectivity index (χ1v) is 7.60. The lowest BCUT2D eigenvalue weighted by atomic mass is 10.1. The Morgan fingerprint density at radius 2 is 2.00 bits per heavy atom. The monoisotopic (exact) mass is 279 g/mol. The fourth-order valence-electron chi connectivity index (χ4n) is 1.93. The second kappa shape index (κ2) is 5.54. The Kier molecular flexibility index (Phi) is 4.01. The summed E-state index contributed by atoms with van der Waals surface area (Å²) in [4.78, 5) is 0.196. The summed E-state index contributed by atoms with van der Waals surface area (Å²) in [5, 5.41) is 6.39. The first kappa shape index (κ1) is 13.8. The molecule has 2 aromatic rings. The molecule has 6 heteroatoms. The lowest BCUT2D eigenvalue weighted by Crippen LogP contribution is -2.28. The fraction of sp³-hybridized carbons (Fsp3) is 0.308. The molecule has 1 aromatic carbocycles. The fourth-order valence-corrected chi connectivity index (χ4v) is 3.38. The Hall–Kier alpha value is -1.66. The number of aromatic amines is 1. The van der Waals surface area contributed by atoms with Crippen molar-refractivity contribution in [1.82, 2.24) is 14.9 Å². The van der Waals surface area contributed by atoms with E-state index in [0.717, 1.165) is 5.56 Å². The van der Waals surface area contributed by atoms with Crippen molar-refractivity contribution in [2.45, 2.75) is 31.2 Å². The van der Waals surface area contributed by atoms with Crippen molar-refractivity contribution in [2.75, 3.05) is 0 Å². The number of nitrogens with zero attached hydrogens (tertiary/aromatic N) is 1. The van der Waals surface area contributed by atoms with Gasteiger partial charge in [-0.25, -0.2) is 13.1 Å². The van der Waals surface area contributed by atoms with Crippen molar-refractivity contribution >= 4 is 10.0 Å². The first-order valence-electron chi connectivity index (χ1n) is 6.12. The number of aromatic nitrogens is 2. The SMILES string of the molecule is CCC(NS(=O)(=O)c1cn[nH]c1C)c1ccccc1. The third kappa shape index (κ3) is 3.02. The topological polar surface area (TPSA) is 74.8 Å². The number of nitrogens with one attached hydrogen (secondary N) is 2. The molecule has 19 heavy (non-hydrogen) atoms. The summed E-state index contributed by atoms with van der Waals surface area (Å²) in [6.07, 6.45) is 2.01. The Morgan fingerprint density at radius 3 is 2.53 bits per heavy atom. The van der Waals surface area contributed by atoms with E-state index in [0.29, 0.717) is 12.1 Å². The standard InChI is InChI=1S/C13H17N3O2S/c1-3-12(11-7-5-4-6-8-11)16-19(17,18)13-9-14-15-10(13)2/h4-9,12,16H,3H2,1-2H3,(H,14,15). The summed E-state index contributed by atoms with van der Waals surface area (Å²) >= 11 is 0. The summed E-state index contributed by atoms with van der Waals surface area (Å²) in [6, 6.07) is 9.30. The van der Waals surface area contributed by atoms with Gasteiger partial charge < -0.3 is 0 Å². The van der Waals surface area contributed by atoms with Crippen molar-refractivity contribution in [3.8, 4) is 0 Å². The van der Waals surface area contributed by atoms with Crippen LogP contribution in [-0.4, -0.2) is 18.6 Å². The maximum atomic E-state index is 12.3. The van der Waals surface area contributed by atoms with Gasteiger partial charge in [0, 0.05) is 6.04 Å². The van der Waals surface area contributed by atoms with Crippen LogP contribution in [0.3, 0.4) is 0 Å². The molecule has 2 N–H and O–H groups in total. The van der Waals surface area contributed by atoms with Crippen LogP contribution in [0, 0.1) is 6.92 Å². The Labute approximate surface area is 113 Å². The van der Waals surface area contributed by atoms with Gasteiger partial charge >= 0.3 is 0 Å². The minimum absolute atomic E-state index is 0.196. The zero-order chi connectivity index (χ0) is 13.9. The van der Waals surface area contributed by atoms with Gasteiger partial charge in [0.05, 0.1) is 11.9 Å². The van der Waals surface area contributed by atoms with Crippen LogP contribution in [0.5, 0.6) is 0 Å². The number of hydrogen-bond donors (Lipinski definition) is 2. The lowest BCUT2D eigenvalue weighted by Gasteiger charge is -2.17. The molecule has 1 unspecified atom stereocenters. The minimum Gasteiger partial charge on any atom is -0.281 e. The number of H-pyrrole nitrogens is 1. The van der Waals surface area contributed by atoms with Crippen LogP contribution in [0.2, 0.25) is 0 Å². The van der Waals surface area contributed by atoms with E-state index in [1.807, 2.05) is 37.3 Å². The van der Waals surface area contributed by atoms with Gasteiger partial charge in [-0.15, -0.1) is 0 Å². The molecule has 0 radical (unpaired) electrons. The summed E-state index contributed by atoms with van der Waals surface area (Å²) in [6.45, 7) is 3.63. The van der Waals surface area contributed by atoms with Crippen LogP contribution in [0.25, 0.3) is 0 Å². The second-order valence-corrected chi connectivity index (χ2v) is 6.03. The van der Waals surface area contributed by atoms with Crippen LogP contribution in [-0.2, 0) is 10.0 Å². The molecule has 1 heterocycles. The third-order valence-electron chi connectivity index (χ3n) is 2.98. The minimum atomic E-state index is -3.55. The molecule has 0 spiro atoms. The molecule has 0 fully saturated rings. The molecule has 0 aliphatic carbocycles. The van der Waals surface area contributed by atoms with Gasteiger partial charge in [-0.05, 0) is 18.9 Å². The highest BCUT2D eigenvalue weighted by molar-refractivity contribution is 7.89. The summed E-state index contributed by atoms with van der Waals surface area (Å²) < 4.78 is 27.3. The van der Waals surface area contributed by atoms with Crippen LogP contribution in [0.1, 0.15) is 30.6 Å². The molecule has 0 saturated carbocycles. The molecule has 1 atom stereocenters. The van der Waals surface area contributed by atoms with E-state index in [1.165, 1.54) is 6.20 Å². The van der Waals surface area contributed by atoms with Crippen LogP contribution >= 0.6 is 0 Å². The molecule has 2 rings (SSSR count). The molecule has 0 aliphatic rings. The van der Waals surface area contributed by atoms with Gasteiger partial charge in [-0.3, -0.25) is 5.10 Å². The number of benzene rings is 1. The average molecular weight is 279 g/mol. The number of sulfonamides is 1. The summed E-state index contributed by atoms with van der Waals surface area (Å²) in [7, 11) is -3.55. The Bertz CT molecular complexity index is 635. The lowest BCUT2D eigenvalue weighted by molar-refractivity contribution is 0.549. The van der Waals surface area contributed by atoms with E-state index < -0.39 is 10.0 Å². The predicted octanol–water partition coefficient (Wildman–Crippen LogP) is 2.15. The highest BCUT2D eigenvalue weighted by Crippen LogP contribution is 2.20. The average Bonchev–Trinajstić information content (AvgIpc) is 2.84. The molecule has 0 saturated heterocycles. The molecular weight excluding hydrogens is 262 g/mol. The van der Waals surface area contributed by atoms with E-state index in [2.05, 4.69) is 14.9 Å². The van der Waals surface area contributed by atoms with Gasteiger partial charge in [-0.1, -0.05) is 37.3 Å². The van der Waals surface area contributed by atoms with E-state index in [1.54, 1.807) is 6.92 Å². The molecule has 102 valence electrons. The Balaban J connectivity index is 2.27. The van der Waals surface area contributed by atoms with E-state index >= 15 is 0 Å². The van der Waals surface area contributed by atoms with Gasteiger partial charge in [0.15, 0.2) is 0 Å². The normalized spacial score (nSPS) is 13.4. The maximum absolute atomic E-state index is 12.3. The van der Waals surface area contributed by atoms with Crippen LogP contribution in [0.4, 0.5) is 0 Å². The maximum Gasteiger partial charge on any atom is 0.244 e. The van der Waals surface area contributed by atoms with E-state index in [4.69, 9.17) is 0 Å². The largest absolute Gasteiger partial charge is 0.281 e. The van der Waals surface area contributed by atoms with Crippen molar-refractivity contribution in [3.05, 3.63) is 47.8 Å². The number of hydrogen-bond acceptors (Lipinski definition) is 3. The van der Waals surface area contributed by atoms with Crippen molar-refractivity contribution in [2.24, 2.45) is 0 Å². The molecule has 5 nitrogen and oxygen atoms in total. The molecule has 1 aromatic heterocycles. The highest BCUT2D eigenvalue weighted by atomic mass is 32.2. The van der Waals surface area contributed by atoms with Crippen molar-refractivity contribution in [3.63, 3.8) is 0 Å². The molecule has 0 amide bonds. The van der Waals surface area contributed by atoms with E-state index in [-0.39, 0.29) is 10.9 Å². The smallest absolute Gasteiger partial charge is 0.244 e. The Morgan fingerprint density at radius 1 is 1.32 bits per heavy atom. The van der Waals surface area contributed by atoms with Crippen LogP contribution < -0.4 is 4.72 Å². The predicted molar refractivity (Wildman–Crippen MR) is 73.1 cm³/mol. The molecule has 0 bridgehead atoms. The number of rotatable bonds is 5. The zero-order valence-electron chi connectivity index (χ0n) is 10.9. The van der Waals surface area contributed by atoms with Crippen molar-refractivity contribution in [1.29, 1.82) is 0 Å². The first-order chi connectivity index (χ1) is 9.04. The third-order valence-corrected chi connectivity index (χ3v) is 4.57. The van der Waals surface area contributed by atoms with Crippen molar-refractivity contribution < 1.29 is 8.42 Å². The molecular formula is C13H17N3O2S. The molecule has 0 aliphatic heterocycles. The summed E-state index contributed by atoms with van der Waals surface area (Å²) in [5.41, 5.74) is 1.49. The quantitative estimate of drug-likeness (QED) is 0.880. The van der Waals surface area contributed by atoms with Crippen LogP contribution in [0.15, 0.2) is 41.4 Å². The van der Waals surface area contributed by atoms with Gasteiger partial charge in [-0.2, -0.15) is 5.10 Å². The second-order valence-electron chi connectivity index (χ2n) is 4.35. The summed E-state index contributed by atoms with van der Waals surface area (Å²) in [5.74, 6) is 0. The number of aryl methyl sites for hydroxylation is 1. The highest BCUT2D eigenvalue weighted by Gasteiger charge is 2.22. The van der Waals surface area contributed by atoms with Gasteiger partial charge in [0.1, 0.15) is 4.90 Å². The van der Waals surface area contributed by atoms with E-state index in [9.17, 15) is 8.42 Å². The van der Waals surface area contributed by atoms with Gasteiger partial charge in [0.25, 0.3) is 0 Å². The zero-order valence-corrected chi connectivity index (χ0v) is 11.7. The van der Waals surface area contributed by atoms with Gasteiger partial charge in [0.2, 0.25) is 10.0 Å².